The smallest absolute Gasteiger partial charge is 0.273 e. The van der Waals surface area contributed by atoms with E-state index in [-0.39, 0.29) is 11.6 Å². The molecule has 0 fully saturated rings. The van der Waals surface area contributed by atoms with E-state index in [1.54, 1.807) is 20.0 Å². The van der Waals surface area contributed by atoms with Gasteiger partial charge in [-0.25, -0.2) is 0 Å². The highest BCUT2D eigenvalue weighted by atomic mass is 35.5. The Kier molecular flexibility index (Phi) is 4.45. The number of benzene rings is 1. The van der Waals surface area contributed by atoms with Crippen molar-refractivity contribution in [2.45, 2.75) is 6.92 Å². The largest absolute Gasteiger partial charge is 0.341 e. The molecule has 0 unspecified atom stereocenters. The summed E-state index contributed by atoms with van der Waals surface area (Å²) in [4.78, 5) is 23.7. The van der Waals surface area contributed by atoms with Gasteiger partial charge in [-0.3, -0.25) is 14.9 Å². The van der Waals surface area contributed by atoms with Crippen LogP contribution in [0.4, 0.5) is 5.69 Å². The Morgan fingerprint density at radius 2 is 2.18 bits per heavy atom. The zero-order valence-electron chi connectivity index (χ0n) is 9.64. The highest BCUT2D eigenvalue weighted by Crippen LogP contribution is 2.21. The van der Waals surface area contributed by atoms with E-state index in [0.717, 1.165) is 0 Å². The Hall–Kier alpha value is -1.62. The monoisotopic (exact) mass is 256 g/mol. The highest BCUT2D eigenvalue weighted by Gasteiger charge is 2.19. The molecule has 0 aliphatic heterocycles. The SMILES string of the molecule is Cc1c(C(=O)N(C)CCCl)cccc1[N+](=O)[O-]. The van der Waals surface area contributed by atoms with Crippen LogP contribution in [-0.2, 0) is 0 Å². The molecule has 0 spiro atoms. The van der Waals surface area contributed by atoms with Crippen molar-refractivity contribution in [3.8, 4) is 0 Å². The number of nitro benzene ring substituents is 1. The maximum atomic E-state index is 12.0. The summed E-state index contributed by atoms with van der Waals surface area (Å²) in [7, 11) is 1.61. The molecule has 0 N–H and O–H groups in total. The van der Waals surface area contributed by atoms with Gasteiger partial charge in [-0.1, -0.05) is 6.07 Å². The summed E-state index contributed by atoms with van der Waals surface area (Å²) in [5.74, 6) is 0.0720. The average molecular weight is 257 g/mol. The number of halogens is 1. The molecule has 0 aromatic heterocycles. The zero-order chi connectivity index (χ0) is 13.0. The van der Waals surface area contributed by atoms with Crippen molar-refractivity contribution in [1.29, 1.82) is 0 Å². The lowest BCUT2D eigenvalue weighted by atomic mass is 10.1. The number of hydrogen-bond acceptors (Lipinski definition) is 3. The van der Waals surface area contributed by atoms with Gasteiger partial charge in [-0.2, -0.15) is 0 Å². The van der Waals surface area contributed by atoms with Gasteiger partial charge in [0.1, 0.15) is 0 Å². The molecular formula is C11H13ClN2O3. The van der Waals surface area contributed by atoms with Gasteiger partial charge in [0.25, 0.3) is 11.6 Å². The van der Waals surface area contributed by atoms with Crippen LogP contribution in [-0.4, -0.2) is 35.2 Å². The van der Waals surface area contributed by atoms with Crippen LogP contribution in [0, 0.1) is 17.0 Å². The van der Waals surface area contributed by atoms with E-state index in [0.29, 0.717) is 23.6 Å². The number of amides is 1. The molecule has 6 heteroatoms. The first-order chi connectivity index (χ1) is 7.99. The van der Waals surface area contributed by atoms with Crippen molar-refractivity contribution < 1.29 is 9.72 Å². The van der Waals surface area contributed by atoms with E-state index in [2.05, 4.69) is 0 Å². The lowest BCUT2D eigenvalue weighted by Crippen LogP contribution is -2.29. The molecule has 1 aromatic rings. The molecule has 0 aliphatic rings. The molecule has 1 amide bonds. The minimum Gasteiger partial charge on any atom is -0.341 e. The van der Waals surface area contributed by atoms with Crippen LogP contribution in [0.5, 0.6) is 0 Å². The second-order valence-corrected chi connectivity index (χ2v) is 4.00. The Bertz CT molecular complexity index is 448. The fraction of sp³-hybridized carbons (Fsp3) is 0.364. The van der Waals surface area contributed by atoms with Crippen molar-refractivity contribution in [3.63, 3.8) is 0 Å². The van der Waals surface area contributed by atoms with Crippen molar-refractivity contribution in [2.24, 2.45) is 0 Å². The summed E-state index contributed by atoms with van der Waals surface area (Å²) in [6, 6.07) is 4.47. The van der Waals surface area contributed by atoms with Gasteiger partial charge in [-0.05, 0) is 13.0 Å². The van der Waals surface area contributed by atoms with Gasteiger partial charge in [0, 0.05) is 36.7 Å². The maximum Gasteiger partial charge on any atom is 0.273 e. The Morgan fingerprint density at radius 3 is 2.71 bits per heavy atom. The van der Waals surface area contributed by atoms with Gasteiger partial charge in [0.2, 0.25) is 0 Å². The standard InChI is InChI=1S/C11H13ClN2O3/c1-8-9(11(15)13(2)7-6-12)4-3-5-10(8)14(16)17/h3-5H,6-7H2,1-2H3. The molecule has 17 heavy (non-hydrogen) atoms. The van der Waals surface area contributed by atoms with Crippen LogP contribution in [0.1, 0.15) is 15.9 Å². The van der Waals surface area contributed by atoms with Crippen LogP contribution in [0.3, 0.4) is 0 Å². The summed E-state index contributed by atoms with van der Waals surface area (Å²) in [6.07, 6.45) is 0. The molecule has 0 heterocycles. The summed E-state index contributed by atoms with van der Waals surface area (Å²) >= 11 is 5.55. The molecule has 0 saturated carbocycles. The number of nitrogens with zero attached hydrogens (tertiary/aromatic N) is 2. The lowest BCUT2D eigenvalue weighted by Gasteiger charge is -2.16. The van der Waals surface area contributed by atoms with E-state index in [1.165, 1.54) is 17.0 Å². The quantitative estimate of drug-likeness (QED) is 0.471. The summed E-state index contributed by atoms with van der Waals surface area (Å²) in [5, 5.41) is 10.8. The Labute approximate surface area is 104 Å². The number of carbonyl (C=O) groups is 1. The van der Waals surface area contributed by atoms with Crippen LogP contribution >= 0.6 is 11.6 Å². The van der Waals surface area contributed by atoms with Crippen molar-refractivity contribution in [3.05, 3.63) is 39.4 Å². The van der Waals surface area contributed by atoms with Gasteiger partial charge < -0.3 is 4.90 Å². The number of carbonyl (C=O) groups excluding carboxylic acids is 1. The second kappa shape index (κ2) is 5.63. The topological polar surface area (TPSA) is 63.5 Å². The van der Waals surface area contributed by atoms with Gasteiger partial charge in [0.15, 0.2) is 0 Å². The molecule has 0 radical (unpaired) electrons. The normalized spacial score (nSPS) is 10.1. The third-order valence-electron chi connectivity index (χ3n) is 2.50. The Morgan fingerprint density at radius 1 is 1.53 bits per heavy atom. The fourth-order valence-electron chi connectivity index (χ4n) is 1.49. The maximum absolute atomic E-state index is 12.0. The Balaban J connectivity index is 3.10. The first-order valence-electron chi connectivity index (χ1n) is 5.04. The van der Waals surface area contributed by atoms with Crippen LogP contribution in [0.2, 0.25) is 0 Å². The van der Waals surface area contributed by atoms with E-state index in [9.17, 15) is 14.9 Å². The molecule has 1 rings (SSSR count). The molecule has 92 valence electrons. The minimum atomic E-state index is -0.492. The van der Waals surface area contributed by atoms with Crippen LogP contribution in [0.15, 0.2) is 18.2 Å². The lowest BCUT2D eigenvalue weighted by molar-refractivity contribution is -0.385. The minimum absolute atomic E-state index is 0.0462. The molecule has 5 nitrogen and oxygen atoms in total. The van der Waals surface area contributed by atoms with Crippen LogP contribution in [0.25, 0.3) is 0 Å². The number of alkyl halides is 1. The first kappa shape index (κ1) is 13.4. The van der Waals surface area contributed by atoms with Crippen molar-refractivity contribution >= 4 is 23.2 Å². The molecule has 0 bridgehead atoms. The van der Waals surface area contributed by atoms with E-state index in [1.807, 2.05) is 0 Å². The van der Waals surface area contributed by atoms with Crippen LogP contribution < -0.4 is 0 Å². The summed E-state index contributed by atoms with van der Waals surface area (Å²) < 4.78 is 0. The number of rotatable bonds is 4. The number of nitro groups is 1. The van der Waals surface area contributed by atoms with E-state index in [4.69, 9.17) is 11.6 Å². The second-order valence-electron chi connectivity index (χ2n) is 3.62. The van der Waals surface area contributed by atoms with Crippen molar-refractivity contribution in [2.75, 3.05) is 19.5 Å². The third-order valence-corrected chi connectivity index (χ3v) is 2.67. The molecule has 0 aliphatic carbocycles. The van der Waals surface area contributed by atoms with Gasteiger partial charge in [-0.15, -0.1) is 11.6 Å². The molecule has 0 saturated heterocycles. The molecule has 1 aromatic carbocycles. The van der Waals surface area contributed by atoms with Gasteiger partial charge in [0.05, 0.1) is 4.92 Å². The first-order valence-corrected chi connectivity index (χ1v) is 5.58. The zero-order valence-corrected chi connectivity index (χ0v) is 10.4. The summed E-state index contributed by atoms with van der Waals surface area (Å²) in [6.45, 7) is 1.97. The average Bonchev–Trinajstić information content (AvgIpc) is 2.28. The predicted molar refractivity (Wildman–Crippen MR) is 65.5 cm³/mol. The third kappa shape index (κ3) is 2.94. The van der Waals surface area contributed by atoms with E-state index >= 15 is 0 Å². The number of hydrogen-bond donors (Lipinski definition) is 0. The molecule has 0 atom stereocenters. The molecular weight excluding hydrogens is 244 g/mol. The van der Waals surface area contributed by atoms with E-state index < -0.39 is 4.92 Å². The van der Waals surface area contributed by atoms with Gasteiger partial charge >= 0.3 is 0 Å². The predicted octanol–water partition coefficient (Wildman–Crippen LogP) is 2.21. The van der Waals surface area contributed by atoms with Crippen molar-refractivity contribution in [1.82, 2.24) is 4.90 Å². The highest BCUT2D eigenvalue weighted by molar-refractivity contribution is 6.18. The summed E-state index contributed by atoms with van der Waals surface area (Å²) in [5.41, 5.74) is 0.672. The fourth-order valence-corrected chi connectivity index (χ4v) is 1.74.